The summed E-state index contributed by atoms with van der Waals surface area (Å²) < 4.78 is 7.11. The highest BCUT2D eigenvalue weighted by Gasteiger charge is 2.23. The minimum Gasteiger partial charge on any atom is -0.496 e. The van der Waals surface area contributed by atoms with E-state index in [0.717, 1.165) is 41.6 Å². The lowest BCUT2D eigenvalue weighted by Gasteiger charge is -2.37. The minimum absolute atomic E-state index is 0.0589. The highest BCUT2D eigenvalue weighted by molar-refractivity contribution is 5.65. The fraction of sp³-hybridized carbons (Fsp3) is 0.481. The highest BCUT2D eigenvalue weighted by atomic mass is 16.5. The van der Waals surface area contributed by atoms with Crippen LogP contribution in [0, 0.1) is 12.8 Å². The number of methoxy groups -OCH3 is 1. The van der Waals surface area contributed by atoms with Crippen LogP contribution in [0.1, 0.15) is 37.7 Å². The second-order valence-electron chi connectivity index (χ2n) is 9.57. The van der Waals surface area contributed by atoms with Gasteiger partial charge in [0.15, 0.2) is 0 Å². The monoisotopic (exact) mass is 446 g/mol. The molecular formula is C27H34N4O2. The molecule has 2 aliphatic rings. The van der Waals surface area contributed by atoms with E-state index in [-0.39, 0.29) is 5.56 Å². The van der Waals surface area contributed by atoms with Crippen molar-refractivity contribution in [3.8, 4) is 17.0 Å². The first-order valence-electron chi connectivity index (χ1n) is 12.3. The van der Waals surface area contributed by atoms with Gasteiger partial charge in [-0.1, -0.05) is 18.6 Å². The maximum Gasteiger partial charge on any atom is 0.258 e. The van der Waals surface area contributed by atoms with E-state index in [2.05, 4.69) is 15.9 Å². The summed E-state index contributed by atoms with van der Waals surface area (Å²) in [6.45, 7) is 7.90. The van der Waals surface area contributed by atoms with E-state index in [0.29, 0.717) is 11.3 Å². The molecule has 2 saturated heterocycles. The third kappa shape index (κ3) is 4.76. The standard InChI is InChI=1S/C27H34N4O2/c1-20-6-7-22(16-25(20)33-2)24-17-27(32)31-19-23(8-9-26(31)28-24)30-14-10-21(11-15-30)18-29-12-4-3-5-13-29/h6-9,16-17,19,21H,3-5,10-15,18H2,1-2H3. The van der Waals surface area contributed by atoms with Crippen LogP contribution in [0.25, 0.3) is 16.9 Å². The molecule has 0 N–H and O–H groups in total. The number of pyridine rings is 1. The van der Waals surface area contributed by atoms with Crippen LogP contribution in [-0.4, -0.2) is 54.1 Å². The quantitative estimate of drug-likeness (QED) is 0.582. The molecule has 5 rings (SSSR count). The number of hydrogen-bond acceptors (Lipinski definition) is 5. The topological polar surface area (TPSA) is 50.1 Å². The van der Waals surface area contributed by atoms with Crippen molar-refractivity contribution in [2.24, 2.45) is 5.92 Å². The number of hydrogen-bond donors (Lipinski definition) is 0. The molecule has 2 fully saturated rings. The van der Waals surface area contributed by atoms with Gasteiger partial charge >= 0.3 is 0 Å². The molecule has 0 aliphatic carbocycles. The molecular weight excluding hydrogens is 412 g/mol. The van der Waals surface area contributed by atoms with Gasteiger partial charge in [0, 0.05) is 37.5 Å². The predicted octanol–water partition coefficient (Wildman–Crippen LogP) is 4.38. The fourth-order valence-electron chi connectivity index (χ4n) is 5.29. The number of rotatable bonds is 5. The summed E-state index contributed by atoms with van der Waals surface area (Å²) >= 11 is 0. The zero-order chi connectivity index (χ0) is 22.8. The Morgan fingerprint density at radius 2 is 1.79 bits per heavy atom. The lowest BCUT2D eigenvalue weighted by Crippen LogP contribution is -2.40. The minimum atomic E-state index is -0.0589. The van der Waals surface area contributed by atoms with Gasteiger partial charge in [-0.25, -0.2) is 4.98 Å². The highest BCUT2D eigenvalue weighted by Crippen LogP contribution is 2.27. The lowest BCUT2D eigenvalue weighted by molar-refractivity contribution is 0.181. The van der Waals surface area contributed by atoms with E-state index < -0.39 is 0 Å². The molecule has 2 aliphatic heterocycles. The molecule has 2 aromatic heterocycles. The molecule has 3 aromatic rings. The Morgan fingerprint density at radius 3 is 2.55 bits per heavy atom. The lowest BCUT2D eigenvalue weighted by atomic mass is 9.95. The van der Waals surface area contributed by atoms with Crippen LogP contribution in [0.2, 0.25) is 0 Å². The largest absolute Gasteiger partial charge is 0.496 e. The number of aromatic nitrogens is 2. The van der Waals surface area contributed by atoms with Crippen LogP contribution < -0.4 is 15.2 Å². The van der Waals surface area contributed by atoms with Crippen molar-refractivity contribution in [1.82, 2.24) is 14.3 Å². The molecule has 33 heavy (non-hydrogen) atoms. The number of fused-ring (bicyclic) bond motifs is 1. The molecule has 6 heteroatoms. The third-order valence-corrected chi connectivity index (χ3v) is 7.29. The summed E-state index contributed by atoms with van der Waals surface area (Å²) in [6.07, 6.45) is 8.50. The van der Waals surface area contributed by atoms with Gasteiger partial charge in [0.1, 0.15) is 11.4 Å². The van der Waals surface area contributed by atoms with Crippen molar-refractivity contribution in [3.63, 3.8) is 0 Å². The number of nitrogens with zero attached hydrogens (tertiary/aromatic N) is 4. The number of piperidine rings is 2. The van der Waals surface area contributed by atoms with Gasteiger partial charge in [-0.2, -0.15) is 0 Å². The molecule has 6 nitrogen and oxygen atoms in total. The smallest absolute Gasteiger partial charge is 0.258 e. The predicted molar refractivity (Wildman–Crippen MR) is 133 cm³/mol. The molecule has 0 spiro atoms. The van der Waals surface area contributed by atoms with Crippen LogP contribution in [0.5, 0.6) is 5.75 Å². The molecule has 4 heterocycles. The Labute approximate surface area is 195 Å². The Morgan fingerprint density at radius 1 is 1.00 bits per heavy atom. The molecule has 0 atom stereocenters. The normalized spacial score (nSPS) is 18.1. The third-order valence-electron chi connectivity index (χ3n) is 7.29. The van der Waals surface area contributed by atoms with Crippen molar-refractivity contribution in [1.29, 1.82) is 0 Å². The summed E-state index contributed by atoms with van der Waals surface area (Å²) in [5, 5.41) is 0. The zero-order valence-corrected chi connectivity index (χ0v) is 19.8. The first-order valence-corrected chi connectivity index (χ1v) is 12.3. The van der Waals surface area contributed by atoms with Crippen molar-refractivity contribution in [3.05, 3.63) is 58.5 Å². The van der Waals surface area contributed by atoms with Gasteiger partial charge in [-0.3, -0.25) is 9.20 Å². The summed E-state index contributed by atoms with van der Waals surface area (Å²) in [7, 11) is 1.66. The second-order valence-corrected chi connectivity index (χ2v) is 9.57. The molecule has 1 aromatic carbocycles. The Balaban J connectivity index is 1.31. The van der Waals surface area contributed by atoms with Gasteiger partial charge in [0.2, 0.25) is 0 Å². The van der Waals surface area contributed by atoms with E-state index >= 15 is 0 Å². The molecule has 0 saturated carbocycles. The Kier molecular flexibility index (Phi) is 6.36. The molecule has 0 radical (unpaired) electrons. The van der Waals surface area contributed by atoms with Crippen molar-refractivity contribution in [2.45, 2.75) is 39.0 Å². The van der Waals surface area contributed by atoms with E-state index in [1.807, 2.05) is 37.4 Å². The van der Waals surface area contributed by atoms with Gasteiger partial charge in [-0.15, -0.1) is 0 Å². The van der Waals surface area contributed by atoms with Crippen LogP contribution in [0.3, 0.4) is 0 Å². The maximum atomic E-state index is 13.0. The first kappa shape index (κ1) is 22.0. The van der Waals surface area contributed by atoms with Gasteiger partial charge < -0.3 is 14.5 Å². The van der Waals surface area contributed by atoms with Crippen molar-refractivity contribution >= 4 is 11.3 Å². The SMILES string of the molecule is COc1cc(-c2cc(=O)n3cc(N4CCC(CN5CCCCC5)CC4)ccc3n2)ccc1C. The molecule has 174 valence electrons. The molecule has 0 unspecified atom stereocenters. The summed E-state index contributed by atoms with van der Waals surface area (Å²) in [5.41, 5.74) is 4.33. The van der Waals surface area contributed by atoms with Crippen LogP contribution >= 0.6 is 0 Å². The van der Waals surface area contributed by atoms with Crippen LogP contribution in [0.15, 0.2) is 47.4 Å². The van der Waals surface area contributed by atoms with E-state index in [9.17, 15) is 4.79 Å². The van der Waals surface area contributed by atoms with E-state index in [1.165, 1.54) is 51.7 Å². The van der Waals surface area contributed by atoms with Gasteiger partial charge in [0.25, 0.3) is 5.56 Å². The van der Waals surface area contributed by atoms with E-state index in [1.54, 1.807) is 17.6 Å². The summed E-state index contributed by atoms with van der Waals surface area (Å²) in [4.78, 5) is 22.8. The number of anilines is 1. The summed E-state index contributed by atoms with van der Waals surface area (Å²) in [5.74, 6) is 1.59. The Bertz CT molecular complexity index is 1170. The maximum absolute atomic E-state index is 13.0. The average molecular weight is 447 g/mol. The molecule has 0 amide bonds. The van der Waals surface area contributed by atoms with Crippen molar-refractivity contribution < 1.29 is 4.74 Å². The molecule has 0 bridgehead atoms. The van der Waals surface area contributed by atoms with Crippen LogP contribution in [-0.2, 0) is 0 Å². The van der Waals surface area contributed by atoms with Gasteiger partial charge in [0.05, 0.1) is 18.5 Å². The second kappa shape index (κ2) is 9.56. The average Bonchev–Trinajstić information content (AvgIpc) is 2.85. The van der Waals surface area contributed by atoms with Crippen LogP contribution in [0.4, 0.5) is 5.69 Å². The summed E-state index contributed by atoms with van der Waals surface area (Å²) in [6, 6.07) is 11.6. The Hall–Kier alpha value is -2.86. The first-order chi connectivity index (χ1) is 16.1. The van der Waals surface area contributed by atoms with E-state index in [4.69, 9.17) is 9.72 Å². The number of likely N-dealkylation sites (tertiary alicyclic amines) is 1. The van der Waals surface area contributed by atoms with Crippen molar-refractivity contribution in [2.75, 3.05) is 44.7 Å². The number of ether oxygens (including phenoxy) is 1. The van der Waals surface area contributed by atoms with Gasteiger partial charge in [-0.05, 0) is 75.4 Å². The zero-order valence-electron chi connectivity index (χ0n) is 19.8. The fourth-order valence-corrected chi connectivity index (χ4v) is 5.29. The number of aryl methyl sites for hydroxylation is 1. The number of benzene rings is 1.